The summed E-state index contributed by atoms with van der Waals surface area (Å²) in [5.74, 6) is 1.14. The first-order valence-corrected chi connectivity index (χ1v) is 3.86. The minimum Gasteiger partial charge on any atom is -0.193 e. The van der Waals surface area contributed by atoms with Gasteiger partial charge in [0.05, 0.1) is 6.07 Å². The summed E-state index contributed by atoms with van der Waals surface area (Å²) in [5, 5.41) is 8.65. The first-order valence-electron chi connectivity index (χ1n) is 3.86. The first-order chi connectivity index (χ1) is 4.74. The van der Waals surface area contributed by atoms with Crippen LogP contribution in [0.5, 0.6) is 0 Å². The highest BCUT2D eigenvalue weighted by atomic mass is 14.3. The Kier molecular flexibility index (Phi) is 2.11. The van der Waals surface area contributed by atoms with Crippen molar-refractivity contribution in [1.29, 1.82) is 5.26 Å². The number of nitriles is 1. The van der Waals surface area contributed by atoms with E-state index in [1.165, 1.54) is 12.8 Å². The molecule has 1 fully saturated rings. The smallest absolute Gasteiger partial charge is 0.0946 e. The van der Waals surface area contributed by atoms with Crippen LogP contribution in [0.3, 0.4) is 0 Å². The Morgan fingerprint density at radius 3 is 2.50 bits per heavy atom. The van der Waals surface area contributed by atoms with Gasteiger partial charge in [-0.1, -0.05) is 19.9 Å². The monoisotopic (exact) mass is 135 g/mol. The predicted octanol–water partition coefficient (Wildman–Crippen LogP) is 2.50. The third-order valence-corrected chi connectivity index (χ3v) is 1.79. The van der Waals surface area contributed by atoms with E-state index in [-0.39, 0.29) is 0 Å². The minimum atomic E-state index is 0.408. The second-order valence-corrected chi connectivity index (χ2v) is 3.23. The van der Waals surface area contributed by atoms with E-state index in [1.807, 2.05) is 0 Å². The molecular weight excluding hydrogens is 122 g/mol. The van der Waals surface area contributed by atoms with E-state index >= 15 is 0 Å². The highest BCUT2D eigenvalue weighted by Gasteiger charge is 2.19. The lowest BCUT2D eigenvalue weighted by Crippen LogP contribution is -1.90. The molecule has 1 heteroatoms. The molecule has 10 heavy (non-hydrogen) atoms. The van der Waals surface area contributed by atoms with Crippen LogP contribution in [-0.4, -0.2) is 0 Å². The molecule has 0 atom stereocenters. The van der Waals surface area contributed by atoms with Crippen LogP contribution in [0.4, 0.5) is 0 Å². The number of hydrogen-bond acceptors (Lipinski definition) is 1. The van der Waals surface area contributed by atoms with Crippen molar-refractivity contribution >= 4 is 0 Å². The van der Waals surface area contributed by atoms with E-state index in [0.29, 0.717) is 5.92 Å². The molecule has 0 N–H and O–H groups in total. The zero-order valence-electron chi connectivity index (χ0n) is 6.59. The quantitative estimate of drug-likeness (QED) is 0.534. The van der Waals surface area contributed by atoms with E-state index in [9.17, 15) is 0 Å². The van der Waals surface area contributed by atoms with Crippen molar-refractivity contribution in [2.45, 2.75) is 26.7 Å². The maximum atomic E-state index is 8.65. The van der Waals surface area contributed by atoms with Crippen molar-refractivity contribution in [3.8, 4) is 6.07 Å². The fraction of sp³-hybridized carbons (Fsp3) is 0.667. The molecule has 1 rings (SSSR count). The van der Waals surface area contributed by atoms with Gasteiger partial charge >= 0.3 is 0 Å². The molecule has 0 radical (unpaired) electrons. The van der Waals surface area contributed by atoms with Crippen molar-refractivity contribution in [3.63, 3.8) is 0 Å². The first kappa shape index (κ1) is 7.34. The standard InChI is InChI=1S/C9H13N/c1-7(2)9(6-10)5-8-3-4-8/h5,7-8H,3-4H2,1-2H3/b9-5+. The average molecular weight is 135 g/mol. The average Bonchev–Trinajstić information content (AvgIpc) is 2.64. The maximum Gasteiger partial charge on any atom is 0.0946 e. The van der Waals surface area contributed by atoms with Gasteiger partial charge in [-0.25, -0.2) is 0 Å². The van der Waals surface area contributed by atoms with Crippen molar-refractivity contribution in [3.05, 3.63) is 11.6 Å². The van der Waals surface area contributed by atoms with Crippen molar-refractivity contribution < 1.29 is 0 Å². The largest absolute Gasteiger partial charge is 0.193 e. The molecule has 0 aliphatic heterocycles. The Morgan fingerprint density at radius 2 is 2.20 bits per heavy atom. The van der Waals surface area contributed by atoms with Crippen LogP contribution in [0.1, 0.15) is 26.7 Å². The van der Waals surface area contributed by atoms with E-state index in [1.54, 1.807) is 0 Å². The van der Waals surface area contributed by atoms with Gasteiger partial charge in [0.1, 0.15) is 0 Å². The summed E-state index contributed by atoms with van der Waals surface area (Å²) in [5.41, 5.74) is 0.961. The molecule has 0 heterocycles. The molecule has 1 aliphatic carbocycles. The Morgan fingerprint density at radius 1 is 1.60 bits per heavy atom. The van der Waals surface area contributed by atoms with E-state index in [0.717, 1.165) is 11.5 Å². The van der Waals surface area contributed by atoms with Crippen LogP contribution in [0, 0.1) is 23.2 Å². The van der Waals surface area contributed by atoms with Gasteiger partial charge in [0, 0.05) is 5.57 Å². The van der Waals surface area contributed by atoms with Crippen LogP contribution >= 0.6 is 0 Å². The van der Waals surface area contributed by atoms with E-state index < -0.39 is 0 Å². The van der Waals surface area contributed by atoms with Gasteiger partial charge in [0.15, 0.2) is 0 Å². The summed E-state index contributed by atoms with van der Waals surface area (Å²) in [4.78, 5) is 0. The summed E-state index contributed by atoms with van der Waals surface area (Å²) in [6.07, 6.45) is 4.71. The normalized spacial score (nSPS) is 19.2. The molecule has 0 amide bonds. The Bertz CT molecular complexity index is 179. The maximum absolute atomic E-state index is 8.65. The fourth-order valence-electron chi connectivity index (χ4n) is 0.876. The minimum absolute atomic E-state index is 0.408. The van der Waals surface area contributed by atoms with E-state index in [4.69, 9.17) is 5.26 Å². The number of allylic oxidation sites excluding steroid dienone is 2. The molecule has 1 saturated carbocycles. The molecule has 1 aliphatic rings. The third-order valence-electron chi connectivity index (χ3n) is 1.79. The van der Waals surface area contributed by atoms with Crippen LogP contribution in [0.25, 0.3) is 0 Å². The summed E-state index contributed by atoms with van der Waals surface area (Å²) in [6.45, 7) is 4.13. The fourth-order valence-corrected chi connectivity index (χ4v) is 0.876. The lowest BCUT2D eigenvalue weighted by atomic mass is 10.0. The molecule has 54 valence electrons. The van der Waals surface area contributed by atoms with Crippen LogP contribution in [0.2, 0.25) is 0 Å². The van der Waals surface area contributed by atoms with Gasteiger partial charge in [0.25, 0.3) is 0 Å². The molecule has 0 aromatic carbocycles. The summed E-state index contributed by atoms with van der Waals surface area (Å²) in [7, 11) is 0. The van der Waals surface area contributed by atoms with Crippen LogP contribution in [0.15, 0.2) is 11.6 Å². The topological polar surface area (TPSA) is 23.8 Å². The number of hydrogen-bond donors (Lipinski definition) is 0. The predicted molar refractivity (Wildman–Crippen MR) is 41.3 cm³/mol. The van der Waals surface area contributed by atoms with Crippen molar-refractivity contribution in [2.75, 3.05) is 0 Å². The highest BCUT2D eigenvalue weighted by molar-refractivity contribution is 5.24. The van der Waals surface area contributed by atoms with Gasteiger partial charge in [-0.3, -0.25) is 0 Å². The van der Waals surface area contributed by atoms with Crippen molar-refractivity contribution in [2.24, 2.45) is 11.8 Å². The Labute approximate surface area is 62.4 Å². The highest BCUT2D eigenvalue weighted by Crippen LogP contribution is 2.32. The molecule has 0 bridgehead atoms. The van der Waals surface area contributed by atoms with Crippen molar-refractivity contribution in [1.82, 2.24) is 0 Å². The number of nitrogens with zero attached hydrogens (tertiary/aromatic N) is 1. The molecule has 0 saturated heterocycles. The second-order valence-electron chi connectivity index (χ2n) is 3.23. The lowest BCUT2D eigenvalue weighted by Gasteiger charge is -1.99. The molecule has 0 spiro atoms. The Balaban J connectivity index is 2.55. The SMILES string of the molecule is CC(C)/C(C#N)=C/C1CC1. The molecular formula is C9H13N. The van der Waals surface area contributed by atoms with Gasteiger partial charge < -0.3 is 0 Å². The van der Waals surface area contributed by atoms with E-state index in [2.05, 4.69) is 26.0 Å². The van der Waals surface area contributed by atoms with Crippen LogP contribution < -0.4 is 0 Å². The van der Waals surface area contributed by atoms with Gasteiger partial charge in [-0.2, -0.15) is 5.26 Å². The Hall–Kier alpha value is -0.770. The molecule has 0 aromatic rings. The van der Waals surface area contributed by atoms with Gasteiger partial charge in [-0.15, -0.1) is 0 Å². The number of rotatable bonds is 2. The summed E-state index contributed by atoms with van der Waals surface area (Å²) in [6, 6.07) is 2.23. The lowest BCUT2D eigenvalue weighted by molar-refractivity contribution is 0.785. The molecule has 0 unspecified atom stereocenters. The third kappa shape index (κ3) is 1.88. The zero-order chi connectivity index (χ0) is 7.56. The van der Waals surface area contributed by atoms with Gasteiger partial charge in [0.2, 0.25) is 0 Å². The summed E-state index contributed by atoms with van der Waals surface area (Å²) < 4.78 is 0. The zero-order valence-corrected chi connectivity index (χ0v) is 6.59. The molecule has 1 nitrogen and oxygen atoms in total. The van der Waals surface area contributed by atoms with Crippen LogP contribution in [-0.2, 0) is 0 Å². The van der Waals surface area contributed by atoms with Gasteiger partial charge in [-0.05, 0) is 24.7 Å². The second kappa shape index (κ2) is 2.88. The summed E-state index contributed by atoms with van der Waals surface area (Å²) >= 11 is 0. The molecule has 0 aromatic heterocycles.